The lowest BCUT2D eigenvalue weighted by Crippen LogP contribution is -2.32. The Bertz CT molecular complexity index is 812. The number of carbonyl (C=O) groups is 2. The fourth-order valence-electron chi connectivity index (χ4n) is 3.14. The van der Waals surface area contributed by atoms with Crippen molar-refractivity contribution in [2.75, 3.05) is 18.5 Å². The molecule has 2 N–H and O–H groups in total. The van der Waals surface area contributed by atoms with Gasteiger partial charge in [-0.15, -0.1) is 0 Å². The minimum Gasteiger partial charge on any atom is -0.481 e. The molecule has 0 radical (unpaired) electrons. The van der Waals surface area contributed by atoms with Gasteiger partial charge in [0.1, 0.15) is 5.75 Å². The van der Waals surface area contributed by atoms with Crippen molar-refractivity contribution < 1.29 is 19.1 Å². The van der Waals surface area contributed by atoms with Gasteiger partial charge in [-0.05, 0) is 62.6 Å². The molecule has 2 aromatic rings. The lowest BCUT2D eigenvalue weighted by atomic mass is 10.1. The van der Waals surface area contributed by atoms with Gasteiger partial charge >= 0.3 is 0 Å². The van der Waals surface area contributed by atoms with E-state index in [0.29, 0.717) is 30.0 Å². The summed E-state index contributed by atoms with van der Waals surface area (Å²) in [6, 6.07) is 14.4. The van der Waals surface area contributed by atoms with Crippen molar-refractivity contribution in [3.63, 3.8) is 0 Å². The number of ether oxygens (including phenoxy) is 2. The first kappa shape index (κ1) is 20.9. The maximum Gasteiger partial charge on any atom is 0.265 e. The molecular weight excluding hydrogens is 368 g/mol. The van der Waals surface area contributed by atoms with Crippen molar-refractivity contribution in [1.29, 1.82) is 0 Å². The van der Waals surface area contributed by atoms with E-state index in [1.54, 1.807) is 24.3 Å². The van der Waals surface area contributed by atoms with Gasteiger partial charge in [0, 0.05) is 24.4 Å². The second-order valence-corrected chi connectivity index (χ2v) is 7.24. The molecular formula is C23H28N2O4. The minimum absolute atomic E-state index is 0.108. The fraction of sp³-hybridized carbons (Fsp3) is 0.391. The van der Waals surface area contributed by atoms with Crippen molar-refractivity contribution >= 4 is 17.5 Å². The van der Waals surface area contributed by atoms with Crippen LogP contribution in [-0.4, -0.2) is 37.2 Å². The van der Waals surface area contributed by atoms with E-state index in [-0.39, 0.29) is 17.9 Å². The third-order valence-corrected chi connectivity index (χ3v) is 4.89. The lowest BCUT2D eigenvalue weighted by Gasteiger charge is -2.17. The molecule has 2 atom stereocenters. The summed E-state index contributed by atoms with van der Waals surface area (Å²) >= 11 is 0. The summed E-state index contributed by atoms with van der Waals surface area (Å²) < 4.78 is 11.3. The van der Waals surface area contributed by atoms with Gasteiger partial charge in [0.2, 0.25) is 0 Å². The van der Waals surface area contributed by atoms with Crippen molar-refractivity contribution in [2.45, 2.75) is 45.3 Å². The van der Waals surface area contributed by atoms with Crippen molar-refractivity contribution in [3.8, 4) is 5.75 Å². The summed E-state index contributed by atoms with van der Waals surface area (Å²) in [5, 5.41) is 5.74. The highest BCUT2D eigenvalue weighted by atomic mass is 16.5. The lowest BCUT2D eigenvalue weighted by molar-refractivity contribution is -0.122. The number of anilines is 1. The summed E-state index contributed by atoms with van der Waals surface area (Å²) in [5.74, 6) is 0.298. The van der Waals surface area contributed by atoms with Crippen LogP contribution < -0.4 is 15.4 Å². The molecule has 0 saturated carbocycles. The Morgan fingerprint density at radius 1 is 1.14 bits per heavy atom. The monoisotopic (exact) mass is 396 g/mol. The topological polar surface area (TPSA) is 76.7 Å². The predicted molar refractivity (Wildman–Crippen MR) is 112 cm³/mol. The van der Waals surface area contributed by atoms with Crippen molar-refractivity contribution in [1.82, 2.24) is 5.32 Å². The summed E-state index contributed by atoms with van der Waals surface area (Å²) in [6.07, 6.45) is 2.09. The maximum atomic E-state index is 12.6. The number of nitrogens with one attached hydrogen (secondary N) is 2. The van der Waals surface area contributed by atoms with Gasteiger partial charge in [-0.3, -0.25) is 9.59 Å². The van der Waals surface area contributed by atoms with Gasteiger partial charge in [0.15, 0.2) is 6.10 Å². The van der Waals surface area contributed by atoms with E-state index < -0.39 is 6.10 Å². The van der Waals surface area contributed by atoms with Gasteiger partial charge in [-0.2, -0.15) is 0 Å². The Morgan fingerprint density at radius 3 is 2.48 bits per heavy atom. The van der Waals surface area contributed by atoms with Crippen molar-refractivity contribution in [2.24, 2.45) is 0 Å². The average molecular weight is 396 g/mol. The van der Waals surface area contributed by atoms with Gasteiger partial charge < -0.3 is 20.1 Å². The van der Waals surface area contributed by atoms with E-state index >= 15 is 0 Å². The van der Waals surface area contributed by atoms with Gasteiger partial charge in [-0.25, -0.2) is 0 Å². The van der Waals surface area contributed by atoms with E-state index in [1.807, 2.05) is 38.1 Å². The molecule has 2 aromatic carbocycles. The SMILES string of the molecule is CCC(Oc1ccc(C)cc1)C(=O)Nc1ccc(C(=O)NCC2CCCO2)cc1. The molecule has 2 unspecified atom stereocenters. The normalized spacial score (nSPS) is 16.8. The van der Waals surface area contributed by atoms with Crippen LogP contribution in [0.25, 0.3) is 0 Å². The van der Waals surface area contributed by atoms with Crippen LogP contribution in [0.2, 0.25) is 0 Å². The summed E-state index contributed by atoms with van der Waals surface area (Å²) in [4.78, 5) is 24.8. The van der Waals surface area contributed by atoms with Crippen LogP contribution in [0.3, 0.4) is 0 Å². The number of rotatable bonds is 8. The zero-order valence-electron chi connectivity index (χ0n) is 16.9. The minimum atomic E-state index is -0.591. The average Bonchev–Trinajstić information content (AvgIpc) is 3.25. The van der Waals surface area contributed by atoms with Gasteiger partial charge in [-0.1, -0.05) is 24.6 Å². The van der Waals surface area contributed by atoms with E-state index in [9.17, 15) is 9.59 Å². The number of aryl methyl sites for hydroxylation is 1. The molecule has 0 spiro atoms. The molecule has 1 fully saturated rings. The van der Waals surface area contributed by atoms with Gasteiger partial charge in [0.05, 0.1) is 6.10 Å². The molecule has 0 bridgehead atoms. The summed E-state index contributed by atoms with van der Waals surface area (Å²) in [5.41, 5.74) is 2.30. The predicted octanol–water partition coefficient (Wildman–Crippen LogP) is 3.70. The third-order valence-electron chi connectivity index (χ3n) is 4.89. The molecule has 6 heteroatoms. The second-order valence-electron chi connectivity index (χ2n) is 7.24. The largest absolute Gasteiger partial charge is 0.481 e. The zero-order chi connectivity index (χ0) is 20.6. The second kappa shape index (κ2) is 10.1. The molecule has 29 heavy (non-hydrogen) atoms. The Morgan fingerprint density at radius 2 is 1.86 bits per heavy atom. The number of carbonyl (C=O) groups excluding carboxylic acids is 2. The molecule has 6 nitrogen and oxygen atoms in total. The zero-order valence-corrected chi connectivity index (χ0v) is 16.9. The van der Waals surface area contributed by atoms with Crippen LogP contribution in [-0.2, 0) is 9.53 Å². The van der Waals surface area contributed by atoms with Crippen LogP contribution in [0.4, 0.5) is 5.69 Å². The maximum absolute atomic E-state index is 12.6. The molecule has 1 aliphatic rings. The highest BCUT2D eigenvalue weighted by Gasteiger charge is 2.19. The van der Waals surface area contributed by atoms with Crippen molar-refractivity contribution in [3.05, 3.63) is 59.7 Å². The molecule has 0 aromatic heterocycles. The summed E-state index contributed by atoms with van der Waals surface area (Å²) in [6.45, 7) is 5.19. The Balaban J connectivity index is 1.52. The Kier molecular flexibility index (Phi) is 7.25. The smallest absolute Gasteiger partial charge is 0.265 e. The standard InChI is InChI=1S/C23H28N2O4/c1-3-21(29-19-12-6-16(2)7-13-19)23(27)25-18-10-8-17(9-11-18)22(26)24-15-20-5-4-14-28-20/h6-13,20-21H,3-5,14-15H2,1-2H3,(H,24,26)(H,25,27). The number of benzene rings is 2. The molecule has 1 saturated heterocycles. The highest BCUT2D eigenvalue weighted by molar-refractivity contribution is 5.97. The van der Waals surface area contributed by atoms with Crippen LogP contribution in [0, 0.1) is 6.92 Å². The van der Waals surface area contributed by atoms with E-state index in [0.717, 1.165) is 25.0 Å². The van der Waals surface area contributed by atoms with Crippen LogP contribution in [0.5, 0.6) is 5.75 Å². The van der Waals surface area contributed by atoms with Gasteiger partial charge in [0.25, 0.3) is 11.8 Å². The van der Waals surface area contributed by atoms with Crippen LogP contribution in [0.1, 0.15) is 42.1 Å². The van der Waals surface area contributed by atoms with Crippen LogP contribution in [0.15, 0.2) is 48.5 Å². The molecule has 1 aliphatic heterocycles. The first-order valence-electron chi connectivity index (χ1n) is 10.1. The number of amides is 2. The summed E-state index contributed by atoms with van der Waals surface area (Å²) in [7, 11) is 0. The highest BCUT2D eigenvalue weighted by Crippen LogP contribution is 2.17. The number of hydrogen-bond donors (Lipinski definition) is 2. The quantitative estimate of drug-likeness (QED) is 0.713. The van der Waals surface area contributed by atoms with E-state index in [1.165, 1.54) is 0 Å². The van der Waals surface area contributed by atoms with Crippen LogP contribution >= 0.6 is 0 Å². The third kappa shape index (κ3) is 6.06. The molecule has 2 amide bonds. The molecule has 1 heterocycles. The fourth-order valence-corrected chi connectivity index (χ4v) is 3.14. The molecule has 154 valence electrons. The van der Waals surface area contributed by atoms with E-state index in [2.05, 4.69) is 10.6 Å². The Hall–Kier alpha value is -2.86. The molecule has 0 aliphatic carbocycles. The van der Waals surface area contributed by atoms with E-state index in [4.69, 9.17) is 9.47 Å². The number of hydrogen-bond acceptors (Lipinski definition) is 4. The molecule has 3 rings (SSSR count). The first-order valence-corrected chi connectivity index (χ1v) is 10.1. The first-order chi connectivity index (χ1) is 14.0. The Labute approximate surface area is 171 Å².